The molecule has 1 N–H and O–H groups in total. The molecule has 0 saturated carbocycles. The molecule has 1 aliphatic heterocycles. The van der Waals surface area contributed by atoms with E-state index in [-0.39, 0.29) is 23.9 Å². The number of ether oxygens (including phenoxy) is 1. The Bertz CT molecular complexity index is 1250. The van der Waals surface area contributed by atoms with Crippen LogP contribution in [0.4, 0.5) is 5.69 Å². The second kappa shape index (κ2) is 9.89. The number of amides is 1. The number of anilines is 1. The SMILES string of the molecule is CC1CN(Cc2ccccc2NC(=O)c2nc(-c3cccs3)n(-c3ccccc3)n2)CC(C)O1. The van der Waals surface area contributed by atoms with E-state index in [4.69, 9.17) is 4.74 Å². The highest BCUT2D eigenvalue weighted by Gasteiger charge is 2.24. The molecule has 4 aromatic rings. The van der Waals surface area contributed by atoms with E-state index < -0.39 is 0 Å². The number of carbonyl (C=O) groups excluding carboxylic acids is 1. The molecule has 0 spiro atoms. The summed E-state index contributed by atoms with van der Waals surface area (Å²) in [6.07, 6.45) is 0.375. The molecule has 8 heteroatoms. The predicted molar refractivity (Wildman–Crippen MR) is 134 cm³/mol. The van der Waals surface area contributed by atoms with Gasteiger partial charge in [-0.1, -0.05) is 42.5 Å². The van der Waals surface area contributed by atoms with Crippen LogP contribution < -0.4 is 5.32 Å². The summed E-state index contributed by atoms with van der Waals surface area (Å²) in [5, 5.41) is 9.60. The van der Waals surface area contributed by atoms with Crippen LogP contribution in [0.5, 0.6) is 0 Å². The van der Waals surface area contributed by atoms with Gasteiger partial charge >= 0.3 is 0 Å². The lowest BCUT2D eigenvalue weighted by Crippen LogP contribution is -2.44. The molecule has 0 radical (unpaired) electrons. The van der Waals surface area contributed by atoms with Gasteiger partial charge in [0.2, 0.25) is 5.82 Å². The number of para-hydroxylation sites is 2. The highest BCUT2D eigenvalue weighted by Crippen LogP contribution is 2.26. The maximum absolute atomic E-state index is 13.2. The first-order valence-electron chi connectivity index (χ1n) is 11.4. The van der Waals surface area contributed by atoms with E-state index in [1.807, 2.05) is 72.1 Å². The molecule has 174 valence electrons. The van der Waals surface area contributed by atoms with E-state index >= 15 is 0 Å². The lowest BCUT2D eigenvalue weighted by Gasteiger charge is -2.35. The molecule has 2 atom stereocenters. The van der Waals surface area contributed by atoms with Gasteiger partial charge in [-0.05, 0) is 49.1 Å². The Balaban J connectivity index is 1.40. The van der Waals surface area contributed by atoms with Crippen molar-refractivity contribution in [1.82, 2.24) is 19.7 Å². The molecule has 2 aromatic heterocycles. The quantitative estimate of drug-likeness (QED) is 0.433. The fourth-order valence-corrected chi connectivity index (χ4v) is 5.03. The van der Waals surface area contributed by atoms with Gasteiger partial charge in [-0.25, -0.2) is 9.67 Å². The fourth-order valence-electron chi connectivity index (χ4n) is 4.34. The number of hydrogen-bond acceptors (Lipinski definition) is 6. The van der Waals surface area contributed by atoms with Crippen LogP contribution in [0.25, 0.3) is 16.4 Å². The molecule has 2 unspecified atom stereocenters. The van der Waals surface area contributed by atoms with Crippen molar-refractivity contribution in [3.8, 4) is 16.4 Å². The van der Waals surface area contributed by atoms with E-state index in [9.17, 15) is 4.79 Å². The molecule has 1 fully saturated rings. The fraction of sp³-hybridized carbons (Fsp3) is 0.269. The molecule has 34 heavy (non-hydrogen) atoms. The van der Waals surface area contributed by atoms with Crippen molar-refractivity contribution in [3.63, 3.8) is 0 Å². The number of nitrogens with zero attached hydrogens (tertiary/aromatic N) is 4. The van der Waals surface area contributed by atoms with Crippen molar-refractivity contribution >= 4 is 22.9 Å². The molecule has 5 rings (SSSR count). The summed E-state index contributed by atoms with van der Waals surface area (Å²) in [4.78, 5) is 21.2. The highest BCUT2D eigenvalue weighted by molar-refractivity contribution is 7.13. The molecule has 0 aliphatic carbocycles. The lowest BCUT2D eigenvalue weighted by atomic mass is 10.1. The van der Waals surface area contributed by atoms with Crippen molar-refractivity contribution < 1.29 is 9.53 Å². The number of rotatable bonds is 6. The summed E-state index contributed by atoms with van der Waals surface area (Å²) >= 11 is 1.57. The standard InChI is InChI=1S/C26H27N5O2S/c1-18-15-30(16-19(2)33-18)17-20-9-6-7-12-22(20)27-26(32)24-28-25(23-13-8-14-34-23)31(29-24)21-10-4-3-5-11-21/h3-14,18-19H,15-17H2,1-2H3,(H,27,32). The molecular formula is C26H27N5O2S. The highest BCUT2D eigenvalue weighted by atomic mass is 32.1. The van der Waals surface area contributed by atoms with Crippen molar-refractivity contribution in [2.24, 2.45) is 0 Å². The van der Waals surface area contributed by atoms with Gasteiger partial charge in [0.25, 0.3) is 5.91 Å². The van der Waals surface area contributed by atoms with Gasteiger partial charge in [0.05, 0.1) is 22.8 Å². The summed E-state index contributed by atoms with van der Waals surface area (Å²) in [7, 11) is 0. The second-order valence-electron chi connectivity index (χ2n) is 8.55. The van der Waals surface area contributed by atoms with Crippen LogP contribution in [-0.2, 0) is 11.3 Å². The van der Waals surface area contributed by atoms with E-state index in [0.717, 1.165) is 41.4 Å². The van der Waals surface area contributed by atoms with Crippen LogP contribution in [0, 0.1) is 0 Å². The summed E-state index contributed by atoms with van der Waals surface area (Å²) < 4.78 is 7.58. The molecule has 7 nitrogen and oxygen atoms in total. The number of morpholine rings is 1. The normalized spacial score (nSPS) is 18.6. The van der Waals surface area contributed by atoms with E-state index in [0.29, 0.717) is 5.82 Å². The average Bonchev–Trinajstić information content (AvgIpc) is 3.50. The number of hydrogen-bond donors (Lipinski definition) is 1. The first-order valence-corrected chi connectivity index (χ1v) is 12.3. The van der Waals surface area contributed by atoms with Gasteiger partial charge < -0.3 is 10.1 Å². The smallest absolute Gasteiger partial charge is 0.295 e. The van der Waals surface area contributed by atoms with Crippen LogP contribution in [0.3, 0.4) is 0 Å². The third-order valence-corrected chi connectivity index (χ3v) is 6.57. The number of carbonyl (C=O) groups is 1. The van der Waals surface area contributed by atoms with Gasteiger partial charge in [0, 0.05) is 25.3 Å². The van der Waals surface area contributed by atoms with Crippen LogP contribution in [0.15, 0.2) is 72.1 Å². The van der Waals surface area contributed by atoms with Crippen LogP contribution in [0.2, 0.25) is 0 Å². The lowest BCUT2D eigenvalue weighted by molar-refractivity contribution is -0.0704. The molecule has 1 amide bonds. The third kappa shape index (κ3) is 4.94. The van der Waals surface area contributed by atoms with Gasteiger partial charge in [0.15, 0.2) is 5.82 Å². The molecule has 3 heterocycles. The minimum absolute atomic E-state index is 0.135. The average molecular weight is 474 g/mol. The zero-order chi connectivity index (χ0) is 23.5. The summed E-state index contributed by atoms with van der Waals surface area (Å²) in [5.41, 5.74) is 2.68. The van der Waals surface area contributed by atoms with Gasteiger partial charge in [-0.15, -0.1) is 16.4 Å². The Hall–Kier alpha value is -3.33. The summed E-state index contributed by atoms with van der Waals surface area (Å²) in [6.45, 7) is 6.65. The molecule has 2 aromatic carbocycles. The maximum atomic E-state index is 13.2. The number of benzene rings is 2. The monoisotopic (exact) mass is 473 g/mol. The minimum Gasteiger partial charge on any atom is -0.373 e. The largest absolute Gasteiger partial charge is 0.373 e. The Labute approximate surface area is 203 Å². The Morgan fingerprint density at radius 3 is 2.50 bits per heavy atom. The minimum atomic E-state index is -0.330. The third-order valence-electron chi connectivity index (χ3n) is 5.71. The summed E-state index contributed by atoms with van der Waals surface area (Å²) in [6, 6.07) is 21.6. The van der Waals surface area contributed by atoms with Gasteiger partial charge in [-0.3, -0.25) is 9.69 Å². The predicted octanol–water partition coefficient (Wildman–Crippen LogP) is 4.86. The maximum Gasteiger partial charge on any atom is 0.295 e. The molecule has 1 aliphatic rings. The van der Waals surface area contributed by atoms with Crippen molar-refractivity contribution in [3.05, 3.63) is 83.5 Å². The van der Waals surface area contributed by atoms with E-state index in [2.05, 4.69) is 34.1 Å². The van der Waals surface area contributed by atoms with Gasteiger partial charge in [0.1, 0.15) is 0 Å². The van der Waals surface area contributed by atoms with E-state index in [1.54, 1.807) is 16.0 Å². The first kappa shape index (κ1) is 22.5. The zero-order valence-electron chi connectivity index (χ0n) is 19.2. The van der Waals surface area contributed by atoms with E-state index in [1.165, 1.54) is 0 Å². The van der Waals surface area contributed by atoms with Crippen molar-refractivity contribution in [1.29, 1.82) is 0 Å². The Kier molecular flexibility index (Phi) is 6.53. The van der Waals surface area contributed by atoms with Crippen LogP contribution in [0.1, 0.15) is 30.0 Å². The van der Waals surface area contributed by atoms with Crippen LogP contribution in [-0.4, -0.2) is 50.9 Å². The molecule has 0 bridgehead atoms. The van der Waals surface area contributed by atoms with Crippen molar-refractivity contribution in [2.75, 3.05) is 18.4 Å². The van der Waals surface area contributed by atoms with Gasteiger partial charge in [-0.2, -0.15) is 0 Å². The number of aromatic nitrogens is 3. The first-order chi connectivity index (χ1) is 16.6. The van der Waals surface area contributed by atoms with Crippen LogP contribution >= 0.6 is 11.3 Å². The summed E-state index contributed by atoms with van der Waals surface area (Å²) in [5.74, 6) is 0.454. The second-order valence-corrected chi connectivity index (χ2v) is 9.49. The number of nitrogens with one attached hydrogen (secondary N) is 1. The Morgan fingerprint density at radius 1 is 1.03 bits per heavy atom. The van der Waals surface area contributed by atoms with Crippen molar-refractivity contribution in [2.45, 2.75) is 32.6 Å². The molecule has 1 saturated heterocycles. The Morgan fingerprint density at radius 2 is 1.76 bits per heavy atom. The number of thiophene rings is 1. The molecular weight excluding hydrogens is 446 g/mol. The zero-order valence-corrected chi connectivity index (χ0v) is 20.0. The topological polar surface area (TPSA) is 72.3 Å².